The highest BCUT2D eigenvalue weighted by atomic mass is 32.1. The van der Waals surface area contributed by atoms with E-state index in [1.165, 1.54) is 11.1 Å². The smallest absolute Gasteiger partial charge is 0.258 e. The zero-order chi connectivity index (χ0) is 24.4. The number of hydrogen-bond donors (Lipinski definition) is 1. The number of nitrogens with zero attached hydrogens (tertiary/aromatic N) is 3. The zero-order valence-corrected chi connectivity index (χ0v) is 21.4. The largest absolute Gasteiger partial charge is 0.376 e. The van der Waals surface area contributed by atoms with E-state index in [0.717, 1.165) is 54.7 Å². The summed E-state index contributed by atoms with van der Waals surface area (Å²) in [6.45, 7) is 7.92. The average Bonchev–Trinajstić information content (AvgIpc) is 3.59. The van der Waals surface area contributed by atoms with Crippen molar-refractivity contribution >= 4 is 22.9 Å². The third-order valence-corrected chi connectivity index (χ3v) is 7.34. The first-order chi connectivity index (χ1) is 17.1. The summed E-state index contributed by atoms with van der Waals surface area (Å²) in [4.78, 5) is 6.96. The molecule has 2 aliphatic heterocycles. The standard InChI is InChI=1S/C28H32N4O2S/c1-4-19-8-12-21(13-9-19)25-24(18(3)32(28(35)29-25)17-23-7-6-16-33-23)27-30-26(31-34-27)22-14-10-20(5-2)11-15-22/h8-15,23,25H,4-7,16-17H2,1-3H3,(H,29,35). The number of benzene rings is 2. The zero-order valence-electron chi connectivity index (χ0n) is 20.6. The number of rotatable bonds is 7. The molecule has 0 spiro atoms. The van der Waals surface area contributed by atoms with Crippen molar-refractivity contribution in [1.82, 2.24) is 20.4 Å². The van der Waals surface area contributed by atoms with Gasteiger partial charge in [-0.05, 0) is 61.5 Å². The minimum atomic E-state index is -0.176. The molecule has 3 heterocycles. The predicted molar refractivity (Wildman–Crippen MR) is 142 cm³/mol. The first-order valence-electron chi connectivity index (χ1n) is 12.5. The van der Waals surface area contributed by atoms with Gasteiger partial charge in [-0.25, -0.2) is 0 Å². The Hall–Kier alpha value is -3.03. The molecular weight excluding hydrogens is 456 g/mol. The van der Waals surface area contributed by atoms with E-state index in [4.69, 9.17) is 26.5 Å². The quantitative estimate of drug-likeness (QED) is 0.428. The van der Waals surface area contributed by atoms with E-state index in [0.29, 0.717) is 23.4 Å². The molecule has 182 valence electrons. The van der Waals surface area contributed by atoms with Crippen LogP contribution in [-0.2, 0) is 17.6 Å². The number of aryl methyl sites for hydroxylation is 2. The molecule has 1 aromatic heterocycles. The van der Waals surface area contributed by atoms with Gasteiger partial charge in [0.2, 0.25) is 5.82 Å². The van der Waals surface area contributed by atoms with Gasteiger partial charge in [-0.3, -0.25) is 0 Å². The molecule has 0 saturated carbocycles. The van der Waals surface area contributed by atoms with Crippen molar-refractivity contribution in [3.63, 3.8) is 0 Å². The maximum atomic E-state index is 5.91. The van der Waals surface area contributed by atoms with Gasteiger partial charge >= 0.3 is 0 Å². The lowest BCUT2D eigenvalue weighted by atomic mass is 9.93. The highest BCUT2D eigenvalue weighted by molar-refractivity contribution is 7.80. The Morgan fingerprint density at radius 1 is 1.03 bits per heavy atom. The number of allylic oxidation sites excluding steroid dienone is 1. The van der Waals surface area contributed by atoms with Crippen molar-refractivity contribution in [2.75, 3.05) is 13.2 Å². The Kier molecular flexibility index (Phi) is 6.97. The average molecular weight is 489 g/mol. The third-order valence-electron chi connectivity index (χ3n) is 7.00. The van der Waals surface area contributed by atoms with E-state index < -0.39 is 0 Å². The number of nitrogens with one attached hydrogen (secondary N) is 1. The molecule has 2 unspecified atom stereocenters. The maximum absolute atomic E-state index is 5.91. The predicted octanol–water partition coefficient (Wildman–Crippen LogP) is 5.70. The highest BCUT2D eigenvalue weighted by Gasteiger charge is 2.35. The fourth-order valence-corrected chi connectivity index (χ4v) is 5.13. The minimum absolute atomic E-state index is 0.168. The van der Waals surface area contributed by atoms with E-state index in [-0.39, 0.29) is 12.1 Å². The van der Waals surface area contributed by atoms with Gasteiger partial charge in [0.05, 0.1) is 24.3 Å². The Morgan fingerprint density at radius 2 is 1.71 bits per heavy atom. The van der Waals surface area contributed by atoms with E-state index in [9.17, 15) is 0 Å². The maximum Gasteiger partial charge on any atom is 0.258 e. The number of aromatic nitrogens is 2. The van der Waals surface area contributed by atoms with Gasteiger partial charge < -0.3 is 19.5 Å². The van der Waals surface area contributed by atoms with Crippen molar-refractivity contribution in [3.8, 4) is 11.4 Å². The molecule has 3 aromatic rings. The molecule has 35 heavy (non-hydrogen) atoms. The van der Waals surface area contributed by atoms with Crippen LogP contribution in [0.5, 0.6) is 0 Å². The molecule has 2 atom stereocenters. The summed E-state index contributed by atoms with van der Waals surface area (Å²) in [5.41, 5.74) is 6.60. The SMILES string of the molecule is CCc1ccc(-c2noc(C3=C(C)N(CC4CCCO4)C(=S)NC3c3ccc(CC)cc3)n2)cc1. The van der Waals surface area contributed by atoms with Gasteiger partial charge in [0.25, 0.3) is 5.89 Å². The lowest BCUT2D eigenvalue weighted by Gasteiger charge is -2.38. The van der Waals surface area contributed by atoms with Gasteiger partial charge in [0, 0.05) is 17.9 Å². The molecule has 0 bridgehead atoms. The van der Waals surface area contributed by atoms with Crippen LogP contribution in [0.25, 0.3) is 17.0 Å². The fourth-order valence-electron chi connectivity index (χ4n) is 4.81. The van der Waals surface area contributed by atoms with Crippen LogP contribution in [0.3, 0.4) is 0 Å². The molecule has 1 N–H and O–H groups in total. The van der Waals surface area contributed by atoms with Crippen LogP contribution in [0.2, 0.25) is 0 Å². The lowest BCUT2D eigenvalue weighted by molar-refractivity contribution is 0.0962. The number of ether oxygens (including phenoxy) is 1. The van der Waals surface area contributed by atoms with Crippen molar-refractivity contribution in [2.24, 2.45) is 0 Å². The molecule has 1 fully saturated rings. The third kappa shape index (κ3) is 4.88. The topological polar surface area (TPSA) is 63.4 Å². The second-order valence-corrected chi connectivity index (χ2v) is 9.58. The molecule has 0 amide bonds. The van der Waals surface area contributed by atoms with Crippen LogP contribution in [0.4, 0.5) is 0 Å². The summed E-state index contributed by atoms with van der Waals surface area (Å²) in [6.07, 6.45) is 4.29. The van der Waals surface area contributed by atoms with Gasteiger partial charge in [0.15, 0.2) is 5.11 Å². The summed E-state index contributed by atoms with van der Waals surface area (Å²) < 4.78 is 11.8. The molecule has 6 nitrogen and oxygen atoms in total. The Balaban J connectivity index is 1.54. The fraction of sp³-hybridized carbons (Fsp3) is 0.393. The molecule has 7 heteroatoms. The summed E-state index contributed by atoms with van der Waals surface area (Å²) in [5.74, 6) is 1.09. The monoisotopic (exact) mass is 488 g/mol. The summed E-state index contributed by atoms with van der Waals surface area (Å²) in [5, 5.41) is 8.58. The van der Waals surface area contributed by atoms with Crippen molar-refractivity contribution in [1.29, 1.82) is 0 Å². The van der Waals surface area contributed by atoms with Gasteiger partial charge in [-0.15, -0.1) is 0 Å². The van der Waals surface area contributed by atoms with Crippen LogP contribution in [0, 0.1) is 0 Å². The molecule has 2 aliphatic rings. The van der Waals surface area contributed by atoms with Crippen LogP contribution in [0.1, 0.15) is 62.2 Å². The number of thiocarbonyl (C=S) groups is 1. The Bertz CT molecular complexity index is 1210. The first kappa shape index (κ1) is 23.7. The Labute approximate surface area is 212 Å². The van der Waals surface area contributed by atoms with Gasteiger partial charge in [-0.1, -0.05) is 67.5 Å². The molecule has 0 aliphatic carbocycles. The molecule has 0 radical (unpaired) electrons. The molecule has 1 saturated heterocycles. The van der Waals surface area contributed by atoms with Crippen molar-refractivity contribution < 1.29 is 9.26 Å². The van der Waals surface area contributed by atoms with Crippen LogP contribution in [-0.4, -0.2) is 39.4 Å². The second-order valence-electron chi connectivity index (χ2n) is 9.20. The summed E-state index contributed by atoms with van der Waals surface area (Å²) in [7, 11) is 0. The van der Waals surface area contributed by atoms with E-state index >= 15 is 0 Å². The molecule has 5 rings (SSSR count). The lowest BCUT2D eigenvalue weighted by Crippen LogP contribution is -2.48. The first-order valence-corrected chi connectivity index (χ1v) is 12.9. The number of hydrogen-bond acceptors (Lipinski definition) is 5. The highest BCUT2D eigenvalue weighted by Crippen LogP contribution is 2.38. The molecule has 2 aromatic carbocycles. The van der Waals surface area contributed by atoms with Crippen molar-refractivity contribution in [3.05, 3.63) is 76.8 Å². The van der Waals surface area contributed by atoms with Crippen molar-refractivity contribution in [2.45, 2.75) is 58.6 Å². The summed E-state index contributed by atoms with van der Waals surface area (Å²) in [6, 6.07) is 16.8. The van der Waals surface area contributed by atoms with Crippen LogP contribution < -0.4 is 5.32 Å². The van der Waals surface area contributed by atoms with Crippen LogP contribution in [0.15, 0.2) is 58.8 Å². The minimum Gasteiger partial charge on any atom is -0.376 e. The Morgan fingerprint density at radius 3 is 2.34 bits per heavy atom. The van der Waals surface area contributed by atoms with E-state index in [1.54, 1.807) is 0 Å². The van der Waals surface area contributed by atoms with Gasteiger partial charge in [-0.2, -0.15) is 4.98 Å². The normalized spacial score (nSPS) is 20.4. The van der Waals surface area contributed by atoms with Crippen LogP contribution >= 0.6 is 12.2 Å². The van der Waals surface area contributed by atoms with E-state index in [1.807, 2.05) is 12.1 Å². The second kappa shape index (κ2) is 10.3. The molecular formula is C28H32N4O2S. The summed E-state index contributed by atoms with van der Waals surface area (Å²) >= 11 is 5.83. The van der Waals surface area contributed by atoms with E-state index in [2.05, 4.69) is 72.5 Å². The van der Waals surface area contributed by atoms with Gasteiger partial charge in [0.1, 0.15) is 0 Å².